The highest BCUT2D eigenvalue weighted by molar-refractivity contribution is 5.48. The number of furan rings is 1. The Morgan fingerprint density at radius 1 is 1.33 bits per heavy atom. The van der Waals surface area contributed by atoms with Crippen LogP contribution in [0.4, 0.5) is 11.6 Å². The van der Waals surface area contributed by atoms with Crippen molar-refractivity contribution in [2.24, 2.45) is 0 Å². The molecule has 1 aromatic carbocycles. The van der Waals surface area contributed by atoms with Crippen molar-refractivity contribution in [3.63, 3.8) is 0 Å². The van der Waals surface area contributed by atoms with Crippen LogP contribution in [0.15, 0.2) is 47.1 Å². The van der Waals surface area contributed by atoms with Gasteiger partial charge in [-0.3, -0.25) is 15.2 Å². The minimum Gasteiger partial charge on any atom is -0.461 e. The number of aromatic amines is 1. The van der Waals surface area contributed by atoms with Crippen molar-refractivity contribution in [1.29, 1.82) is 0 Å². The first kappa shape index (κ1) is 12.9. The zero-order chi connectivity index (χ0) is 14.7. The molecule has 2 N–H and O–H groups in total. The van der Waals surface area contributed by atoms with Crippen LogP contribution in [-0.2, 0) is 6.54 Å². The van der Waals surface area contributed by atoms with Crippen molar-refractivity contribution >= 4 is 11.6 Å². The zero-order valence-electron chi connectivity index (χ0n) is 10.8. The number of hydrogen-bond donors (Lipinski definition) is 2. The predicted molar refractivity (Wildman–Crippen MR) is 74.5 cm³/mol. The molecule has 0 saturated carbocycles. The van der Waals surface area contributed by atoms with Crippen LogP contribution in [0.5, 0.6) is 0 Å². The zero-order valence-corrected chi connectivity index (χ0v) is 10.8. The first-order valence-electron chi connectivity index (χ1n) is 6.16. The van der Waals surface area contributed by atoms with Gasteiger partial charge in [-0.05, 0) is 17.7 Å². The second-order valence-electron chi connectivity index (χ2n) is 4.27. The highest BCUT2D eigenvalue weighted by Crippen LogP contribution is 2.17. The Morgan fingerprint density at radius 2 is 2.24 bits per heavy atom. The Morgan fingerprint density at radius 3 is 3.00 bits per heavy atom. The van der Waals surface area contributed by atoms with Crippen LogP contribution in [0.3, 0.4) is 0 Å². The van der Waals surface area contributed by atoms with E-state index in [0.717, 1.165) is 5.56 Å². The third kappa shape index (κ3) is 2.89. The molecule has 8 heteroatoms. The van der Waals surface area contributed by atoms with E-state index < -0.39 is 4.92 Å². The molecule has 0 spiro atoms. The average Bonchev–Trinajstić information content (AvgIpc) is 3.16. The van der Waals surface area contributed by atoms with Crippen molar-refractivity contribution in [2.45, 2.75) is 6.54 Å². The summed E-state index contributed by atoms with van der Waals surface area (Å²) in [7, 11) is 0. The van der Waals surface area contributed by atoms with Crippen LogP contribution in [0.1, 0.15) is 5.56 Å². The van der Waals surface area contributed by atoms with Crippen LogP contribution in [0, 0.1) is 10.1 Å². The molecule has 0 aliphatic heterocycles. The minimum atomic E-state index is -0.425. The molecule has 106 valence electrons. The molecule has 0 atom stereocenters. The monoisotopic (exact) mass is 285 g/mol. The van der Waals surface area contributed by atoms with Gasteiger partial charge in [-0.25, -0.2) is 0 Å². The summed E-state index contributed by atoms with van der Waals surface area (Å²) < 4.78 is 5.20. The Labute approximate surface area is 119 Å². The lowest BCUT2D eigenvalue weighted by Crippen LogP contribution is -2.01. The number of hydrogen-bond acceptors (Lipinski definition) is 6. The van der Waals surface area contributed by atoms with Gasteiger partial charge >= 0.3 is 0 Å². The average molecular weight is 285 g/mol. The van der Waals surface area contributed by atoms with Crippen molar-refractivity contribution in [1.82, 2.24) is 15.2 Å². The molecule has 0 saturated heterocycles. The summed E-state index contributed by atoms with van der Waals surface area (Å²) in [5.41, 5.74) is 0.828. The van der Waals surface area contributed by atoms with E-state index in [1.54, 1.807) is 30.5 Å². The number of benzene rings is 1. The highest BCUT2D eigenvalue weighted by atomic mass is 16.6. The van der Waals surface area contributed by atoms with E-state index in [-0.39, 0.29) is 5.69 Å². The highest BCUT2D eigenvalue weighted by Gasteiger charge is 2.09. The van der Waals surface area contributed by atoms with E-state index >= 15 is 0 Å². The molecular formula is C13H11N5O3. The van der Waals surface area contributed by atoms with Crippen molar-refractivity contribution in [2.75, 3.05) is 5.32 Å². The lowest BCUT2D eigenvalue weighted by molar-refractivity contribution is -0.384. The Bertz CT molecular complexity index is 751. The van der Waals surface area contributed by atoms with Crippen LogP contribution >= 0.6 is 0 Å². The molecule has 0 aliphatic rings. The Kier molecular flexibility index (Phi) is 3.34. The summed E-state index contributed by atoms with van der Waals surface area (Å²) in [6.07, 6.45) is 1.55. The fraction of sp³-hybridized carbons (Fsp3) is 0.0769. The maximum Gasteiger partial charge on any atom is 0.269 e. The van der Waals surface area contributed by atoms with Gasteiger partial charge < -0.3 is 9.73 Å². The maximum absolute atomic E-state index is 10.7. The third-order valence-electron chi connectivity index (χ3n) is 2.81. The molecule has 0 unspecified atom stereocenters. The molecule has 0 bridgehead atoms. The van der Waals surface area contributed by atoms with E-state index in [4.69, 9.17) is 4.42 Å². The lowest BCUT2D eigenvalue weighted by Gasteiger charge is -2.01. The van der Waals surface area contributed by atoms with Gasteiger partial charge in [0, 0.05) is 18.7 Å². The van der Waals surface area contributed by atoms with Gasteiger partial charge in [0.1, 0.15) is 0 Å². The second kappa shape index (κ2) is 5.45. The number of non-ortho nitro benzene ring substituents is 1. The fourth-order valence-corrected chi connectivity index (χ4v) is 1.83. The SMILES string of the molecule is O=[N+]([O-])c1cccc(CNc2n[nH]c(-c3ccco3)n2)c1. The maximum atomic E-state index is 10.7. The van der Waals surface area contributed by atoms with Crippen LogP contribution < -0.4 is 5.32 Å². The van der Waals surface area contributed by atoms with E-state index in [2.05, 4.69) is 20.5 Å². The standard InChI is InChI=1S/C13H11N5O3/c19-18(20)10-4-1-3-9(7-10)8-14-13-15-12(16-17-13)11-5-2-6-21-11/h1-7H,8H2,(H2,14,15,16,17). The molecule has 3 rings (SSSR count). The molecule has 8 nitrogen and oxygen atoms in total. The van der Waals surface area contributed by atoms with Gasteiger partial charge in [0.15, 0.2) is 11.6 Å². The Hall–Kier alpha value is -3.16. The van der Waals surface area contributed by atoms with E-state index in [0.29, 0.717) is 24.1 Å². The molecule has 21 heavy (non-hydrogen) atoms. The molecule has 0 amide bonds. The summed E-state index contributed by atoms with van der Waals surface area (Å²) in [6, 6.07) is 9.92. The van der Waals surface area contributed by atoms with E-state index in [1.165, 1.54) is 12.1 Å². The largest absolute Gasteiger partial charge is 0.461 e. The summed E-state index contributed by atoms with van der Waals surface area (Å²) in [4.78, 5) is 14.5. The third-order valence-corrected chi connectivity index (χ3v) is 2.81. The van der Waals surface area contributed by atoms with E-state index in [9.17, 15) is 10.1 Å². The second-order valence-corrected chi connectivity index (χ2v) is 4.27. The van der Waals surface area contributed by atoms with Gasteiger partial charge in [-0.2, -0.15) is 4.98 Å². The van der Waals surface area contributed by atoms with Crippen LogP contribution in [-0.4, -0.2) is 20.1 Å². The topological polar surface area (TPSA) is 110 Å². The fourth-order valence-electron chi connectivity index (χ4n) is 1.83. The molecule has 2 aromatic heterocycles. The van der Waals surface area contributed by atoms with Gasteiger partial charge in [0.25, 0.3) is 5.69 Å². The minimum absolute atomic E-state index is 0.0561. The van der Waals surface area contributed by atoms with Crippen LogP contribution in [0.2, 0.25) is 0 Å². The molecule has 0 radical (unpaired) electrons. The number of rotatable bonds is 5. The predicted octanol–water partition coefficient (Wildman–Crippen LogP) is 2.58. The van der Waals surface area contributed by atoms with Gasteiger partial charge in [-0.1, -0.05) is 12.1 Å². The molecule has 2 heterocycles. The number of anilines is 1. The number of nitro groups is 1. The van der Waals surface area contributed by atoms with Gasteiger partial charge in [0.2, 0.25) is 5.95 Å². The van der Waals surface area contributed by atoms with Gasteiger partial charge in [0.05, 0.1) is 11.2 Å². The van der Waals surface area contributed by atoms with Crippen molar-refractivity contribution in [3.05, 3.63) is 58.3 Å². The number of H-pyrrole nitrogens is 1. The van der Waals surface area contributed by atoms with Crippen molar-refractivity contribution < 1.29 is 9.34 Å². The number of nitrogens with one attached hydrogen (secondary N) is 2. The molecule has 0 fully saturated rings. The molecular weight excluding hydrogens is 274 g/mol. The molecule has 0 aliphatic carbocycles. The van der Waals surface area contributed by atoms with Crippen molar-refractivity contribution in [3.8, 4) is 11.6 Å². The normalized spacial score (nSPS) is 10.5. The number of nitro benzene ring substituents is 1. The van der Waals surface area contributed by atoms with E-state index in [1.807, 2.05) is 0 Å². The smallest absolute Gasteiger partial charge is 0.269 e. The number of nitrogens with zero attached hydrogens (tertiary/aromatic N) is 3. The first-order valence-corrected chi connectivity index (χ1v) is 6.16. The first-order chi connectivity index (χ1) is 10.2. The molecule has 3 aromatic rings. The number of aromatic nitrogens is 3. The summed E-state index contributed by atoms with van der Waals surface area (Å²) in [5.74, 6) is 1.50. The van der Waals surface area contributed by atoms with Crippen LogP contribution in [0.25, 0.3) is 11.6 Å². The Balaban J connectivity index is 1.68. The quantitative estimate of drug-likeness (QED) is 0.550. The summed E-state index contributed by atoms with van der Waals surface area (Å²) in [5, 5.41) is 20.5. The summed E-state index contributed by atoms with van der Waals surface area (Å²) >= 11 is 0. The van der Waals surface area contributed by atoms with Gasteiger partial charge in [-0.15, -0.1) is 5.10 Å². The lowest BCUT2D eigenvalue weighted by atomic mass is 10.2. The summed E-state index contributed by atoms with van der Waals surface area (Å²) in [6.45, 7) is 0.386.